The Kier molecular flexibility index (Phi) is 6.27. The standard InChI is InChI=1S/C21H27NO2/c1-2-13-22-21-10-6-9-18-14-19(11-12-20(18)21)24-16-23-15-17-7-4-3-5-8-17/h3-5,7-8,11-12,14,21-22H,2,6,9-10,13,15-16H2,1H3. The van der Waals surface area contributed by atoms with Crippen molar-refractivity contribution in [3.05, 3.63) is 65.2 Å². The Labute approximate surface area is 145 Å². The van der Waals surface area contributed by atoms with Gasteiger partial charge in [0.25, 0.3) is 0 Å². The number of rotatable bonds is 8. The van der Waals surface area contributed by atoms with Crippen molar-refractivity contribution < 1.29 is 9.47 Å². The van der Waals surface area contributed by atoms with Gasteiger partial charge in [0.15, 0.2) is 6.79 Å². The summed E-state index contributed by atoms with van der Waals surface area (Å²) in [5.41, 5.74) is 4.01. The molecule has 3 heteroatoms. The minimum Gasteiger partial charge on any atom is -0.468 e. The van der Waals surface area contributed by atoms with Crippen LogP contribution in [0.3, 0.4) is 0 Å². The fraction of sp³-hybridized carbons (Fsp3) is 0.429. The molecule has 1 N–H and O–H groups in total. The van der Waals surface area contributed by atoms with Crippen LogP contribution in [0.15, 0.2) is 48.5 Å². The smallest absolute Gasteiger partial charge is 0.189 e. The van der Waals surface area contributed by atoms with Crippen molar-refractivity contribution in [2.45, 2.75) is 45.3 Å². The first-order chi connectivity index (χ1) is 11.9. The minimum absolute atomic E-state index is 0.283. The van der Waals surface area contributed by atoms with E-state index in [9.17, 15) is 0 Å². The lowest BCUT2D eigenvalue weighted by Crippen LogP contribution is -2.25. The first-order valence-electron chi connectivity index (χ1n) is 8.97. The van der Waals surface area contributed by atoms with Crippen LogP contribution in [-0.4, -0.2) is 13.3 Å². The third-order valence-electron chi connectivity index (χ3n) is 4.49. The van der Waals surface area contributed by atoms with E-state index in [0.29, 0.717) is 12.6 Å². The predicted molar refractivity (Wildman–Crippen MR) is 97.1 cm³/mol. The zero-order valence-electron chi connectivity index (χ0n) is 14.5. The van der Waals surface area contributed by atoms with Crippen LogP contribution in [0.1, 0.15) is 48.9 Å². The average molecular weight is 325 g/mol. The Morgan fingerprint density at radius 1 is 1.12 bits per heavy atom. The highest BCUT2D eigenvalue weighted by molar-refractivity contribution is 5.39. The van der Waals surface area contributed by atoms with Gasteiger partial charge in [-0.2, -0.15) is 0 Å². The summed E-state index contributed by atoms with van der Waals surface area (Å²) >= 11 is 0. The van der Waals surface area contributed by atoms with Gasteiger partial charge in [-0.25, -0.2) is 0 Å². The van der Waals surface area contributed by atoms with Crippen LogP contribution >= 0.6 is 0 Å². The first-order valence-corrected chi connectivity index (χ1v) is 8.97. The summed E-state index contributed by atoms with van der Waals surface area (Å²) in [6.45, 7) is 4.15. The number of hydrogen-bond acceptors (Lipinski definition) is 3. The second-order valence-electron chi connectivity index (χ2n) is 6.36. The lowest BCUT2D eigenvalue weighted by Gasteiger charge is -2.27. The van der Waals surface area contributed by atoms with Crippen molar-refractivity contribution in [2.24, 2.45) is 0 Å². The molecule has 1 aliphatic rings. The molecule has 0 saturated carbocycles. The van der Waals surface area contributed by atoms with Gasteiger partial charge in [-0.15, -0.1) is 0 Å². The van der Waals surface area contributed by atoms with E-state index < -0.39 is 0 Å². The molecule has 1 unspecified atom stereocenters. The van der Waals surface area contributed by atoms with Gasteiger partial charge in [-0.05, 0) is 61.1 Å². The van der Waals surface area contributed by atoms with Crippen molar-refractivity contribution in [1.82, 2.24) is 5.32 Å². The van der Waals surface area contributed by atoms with Crippen LogP contribution in [0, 0.1) is 0 Å². The molecule has 0 bridgehead atoms. The molecule has 0 aromatic heterocycles. The van der Waals surface area contributed by atoms with Crippen LogP contribution in [0.2, 0.25) is 0 Å². The second kappa shape index (κ2) is 8.86. The Morgan fingerprint density at radius 2 is 2.00 bits per heavy atom. The van der Waals surface area contributed by atoms with Crippen molar-refractivity contribution in [3.8, 4) is 5.75 Å². The number of hydrogen-bond donors (Lipinski definition) is 1. The molecule has 0 radical (unpaired) electrons. The summed E-state index contributed by atoms with van der Waals surface area (Å²) in [5.74, 6) is 0.901. The largest absolute Gasteiger partial charge is 0.468 e. The molecule has 0 amide bonds. The van der Waals surface area contributed by atoms with Crippen molar-refractivity contribution in [1.29, 1.82) is 0 Å². The predicted octanol–water partition coefficient (Wildman–Crippen LogP) is 4.62. The number of aryl methyl sites for hydroxylation is 1. The van der Waals surface area contributed by atoms with E-state index in [2.05, 4.69) is 42.6 Å². The fourth-order valence-corrected chi connectivity index (χ4v) is 3.25. The van der Waals surface area contributed by atoms with E-state index in [0.717, 1.165) is 24.3 Å². The van der Waals surface area contributed by atoms with Gasteiger partial charge in [0.05, 0.1) is 6.61 Å². The molecule has 0 aliphatic heterocycles. The second-order valence-corrected chi connectivity index (χ2v) is 6.36. The maximum absolute atomic E-state index is 5.77. The molecule has 2 aromatic rings. The molecule has 0 heterocycles. The number of benzene rings is 2. The van der Waals surface area contributed by atoms with Crippen LogP contribution in [0.4, 0.5) is 0 Å². The minimum atomic E-state index is 0.283. The van der Waals surface area contributed by atoms with Crippen LogP contribution < -0.4 is 10.1 Å². The summed E-state index contributed by atoms with van der Waals surface area (Å²) < 4.78 is 11.4. The van der Waals surface area contributed by atoms with E-state index in [1.165, 1.54) is 30.4 Å². The summed E-state index contributed by atoms with van der Waals surface area (Å²) in [6, 6.07) is 17.1. The lowest BCUT2D eigenvalue weighted by molar-refractivity contribution is 0.00498. The molecular formula is C21H27NO2. The monoisotopic (exact) mass is 325 g/mol. The third kappa shape index (κ3) is 4.59. The summed E-state index contributed by atoms with van der Waals surface area (Å²) in [6.07, 6.45) is 4.78. The highest BCUT2D eigenvalue weighted by Crippen LogP contribution is 2.32. The SMILES string of the molecule is CCCNC1CCCc2cc(OCOCc3ccccc3)ccc21. The van der Waals surface area contributed by atoms with Gasteiger partial charge in [-0.1, -0.05) is 43.3 Å². The van der Waals surface area contributed by atoms with Crippen molar-refractivity contribution in [2.75, 3.05) is 13.3 Å². The van der Waals surface area contributed by atoms with Gasteiger partial charge < -0.3 is 14.8 Å². The molecule has 1 atom stereocenters. The molecular weight excluding hydrogens is 298 g/mol. The lowest BCUT2D eigenvalue weighted by atomic mass is 9.87. The van der Waals surface area contributed by atoms with E-state index in [1.54, 1.807) is 0 Å². The molecule has 3 nitrogen and oxygen atoms in total. The van der Waals surface area contributed by atoms with Gasteiger partial charge in [0.2, 0.25) is 0 Å². The topological polar surface area (TPSA) is 30.5 Å². The Bertz CT molecular complexity index is 627. The summed E-state index contributed by atoms with van der Waals surface area (Å²) in [7, 11) is 0. The van der Waals surface area contributed by atoms with Crippen molar-refractivity contribution in [3.63, 3.8) is 0 Å². The zero-order valence-corrected chi connectivity index (χ0v) is 14.5. The van der Waals surface area contributed by atoms with Gasteiger partial charge in [-0.3, -0.25) is 0 Å². The zero-order chi connectivity index (χ0) is 16.6. The molecule has 0 fully saturated rings. The van der Waals surface area contributed by atoms with E-state index >= 15 is 0 Å². The maximum Gasteiger partial charge on any atom is 0.189 e. The van der Waals surface area contributed by atoms with Crippen LogP contribution in [0.25, 0.3) is 0 Å². The summed E-state index contributed by atoms with van der Waals surface area (Å²) in [5, 5.41) is 3.65. The van der Waals surface area contributed by atoms with E-state index in [4.69, 9.17) is 9.47 Å². The first kappa shape index (κ1) is 17.0. The molecule has 2 aromatic carbocycles. The highest BCUT2D eigenvalue weighted by Gasteiger charge is 2.19. The van der Waals surface area contributed by atoms with Crippen molar-refractivity contribution >= 4 is 0 Å². The average Bonchev–Trinajstić information content (AvgIpc) is 2.64. The Balaban J connectivity index is 1.52. The van der Waals surface area contributed by atoms with Gasteiger partial charge in [0.1, 0.15) is 5.75 Å². The molecule has 0 spiro atoms. The Hall–Kier alpha value is -1.84. The maximum atomic E-state index is 5.77. The van der Waals surface area contributed by atoms with Crippen LogP contribution in [0.5, 0.6) is 5.75 Å². The molecule has 1 aliphatic carbocycles. The van der Waals surface area contributed by atoms with E-state index in [1.807, 2.05) is 18.2 Å². The number of nitrogens with one attached hydrogen (secondary N) is 1. The summed E-state index contributed by atoms with van der Waals surface area (Å²) in [4.78, 5) is 0. The Morgan fingerprint density at radius 3 is 2.83 bits per heavy atom. The fourth-order valence-electron chi connectivity index (χ4n) is 3.25. The van der Waals surface area contributed by atoms with Crippen LogP contribution in [-0.2, 0) is 17.8 Å². The van der Waals surface area contributed by atoms with Gasteiger partial charge in [0, 0.05) is 6.04 Å². The number of fused-ring (bicyclic) bond motifs is 1. The highest BCUT2D eigenvalue weighted by atomic mass is 16.7. The quantitative estimate of drug-likeness (QED) is 0.567. The molecule has 24 heavy (non-hydrogen) atoms. The number of ether oxygens (including phenoxy) is 2. The normalized spacial score (nSPS) is 16.6. The van der Waals surface area contributed by atoms with E-state index in [-0.39, 0.29) is 6.79 Å². The molecule has 128 valence electrons. The molecule has 3 rings (SSSR count). The third-order valence-corrected chi connectivity index (χ3v) is 4.49. The molecule has 0 saturated heterocycles. The van der Waals surface area contributed by atoms with Gasteiger partial charge >= 0.3 is 0 Å².